The van der Waals surface area contributed by atoms with E-state index in [1.165, 1.54) is 98.6 Å². The zero-order chi connectivity index (χ0) is 46.5. The minimum atomic E-state index is -0.707. The molecular formula is C62H66Cl2N2P2Ru. The van der Waals surface area contributed by atoms with Crippen LogP contribution in [0.15, 0.2) is 170 Å². The van der Waals surface area contributed by atoms with Crippen molar-refractivity contribution in [2.24, 2.45) is 11.5 Å². The predicted molar refractivity (Wildman–Crippen MR) is 290 cm³/mol. The molecule has 2 nitrogen and oxygen atoms in total. The van der Waals surface area contributed by atoms with Crippen LogP contribution in [-0.4, -0.2) is 0 Å². The van der Waals surface area contributed by atoms with Crippen LogP contribution in [0.25, 0.3) is 0 Å². The van der Waals surface area contributed by atoms with Crippen LogP contribution < -0.4 is 68.1 Å². The van der Waals surface area contributed by atoms with E-state index in [9.17, 15) is 0 Å². The van der Waals surface area contributed by atoms with Gasteiger partial charge in [-0.25, -0.2) is 0 Å². The second kappa shape index (κ2) is 25.2. The summed E-state index contributed by atoms with van der Waals surface area (Å²) in [5.41, 5.74) is 31.1. The molecule has 2 unspecified atom stereocenters. The van der Waals surface area contributed by atoms with Crippen molar-refractivity contribution in [3.8, 4) is 0 Å². The van der Waals surface area contributed by atoms with E-state index in [2.05, 4.69) is 165 Å². The van der Waals surface area contributed by atoms with Crippen LogP contribution in [0.5, 0.6) is 0 Å². The van der Waals surface area contributed by atoms with Gasteiger partial charge in [0.15, 0.2) is 0 Å². The van der Waals surface area contributed by atoms with Gasteiger partial charge in [-0.1, -0.05) is 214 Å². The van der Waals surface area contributed by atoms with Gasteiger partial charge in [-0.15, -0.1) is 0 Å². The molecule has 0 amide bonds. The van der Waals surface area contributed by atoms with Gasteiger partial charge in [-0.2, -0.15) is 0 Å². The Kier molecular flexibility index (Phi) is 20.3. The maximum Gasteiger partial charge on any atom is 2.00 e. The molecule has 356 valence electrons. The Morgan fingerprint density at radius 1 is 0.333 bits per heavy atom. The van der Waals surface area contributed by atoms with Crippen molar-refractivity contribution in [2.75, 3.05) is 0 Å². The van der Waals surface area contributed by atoms with Crippen LogP contribution in [0.2, 0.25) is 0 Å². The number of aryl methyl sites for hydroxylation is 12. The zero-order valence-corrected chi connectivity index (χ0v) is 46.3. The maximum atomic E-state index is 6.15. The summed E-state index contributed by atoms with van der Waals surface area (Å²) in [6.45, 7) is 18.0. The van der Waals surface area contributed by atoms with Crippen molar-refractivity contribution < 1.29 is 44.3 Å². The second-order valence-electron chi connectivity index (χ2n) is 18.9. The molecule has 12 rings (SSSR count). The van der Waals surface area contributed by atoms with Crippen molar-refractivity contribution in [3.05, 3.63) is 248 Å². The third kappa shape index (κ3) is 14.0. The standard InChI is InChI=1S/C48H50P2.C14H16N2.2ClH.Ru/c1-31-17-32(2)22-43(21-31)49(44-23-33(3)18-34(4)24-44)47-29-39-9-13-41(47)15-11-40-10-14-42(16-12-39)48(30-40)50(45-25-35(5)19-36(6)26-45)46-27-37(7)20-38(8)28-46;15-13(11-7-3-1-4-8-11)14(16)12-9-5-2-6-10-12;;;/h9-10,13-14,17-30H,11-12,15-16H2,1-8H3;1-10,13-14H,15-16H2;2*1H;/q;;;;+2/p-2. The van der Waals surface area contributed by atoms with Crippen molar-refractivity contribution in [3.63, 3.8) is 0 Å². The first-order valence-corrected chi connectivity index (χ1v) is 26.2. The van der Waals surface area contributed by atoms with Crippen molar-refractivity contribution in [1.82, 2.24) is 0 Å². The van der Waals surface area contributed by atoms with Crippen molar-refractivity contribution in [2.45, 2.75) is 93.2 Å². The van der Waals surface area contributed by atoms with E-state index in [0.717, 1.165) is 36.8 Å². The van der Waals surface area contributed by atoms with Crippen LogP contribution in [0.1, 0.15) is 90.0 Å². The van der Waals surface area contributed by atoms with Gasteiger partial charge >= 0.3 is 19.5 Å². The molecule has 4 aliphatic carbocycles. The number of nitrogens with two attached hydrogens (primary N) is 2. The normalized spacial score (nSPS) is 12.6. The number of hydrogen-bond donors (Lipinski definition) is 2. The largest absolute Gasteiger partial charge is 2.00 e. The Morgan fingerprint density at radius 3 is 0.855 bits per heavy atom. The molecule has 0 heterocycles. The molecule has 69 heavy (non-hydrogen) atoms. The maximum absolute atomic E-state index is 6.15. The number of halogens is 2. The average Bonchev–Trinajstić information content (AvgIpc) is 3.27. The Bertz CT molecular complexity index is 2590. The molecule has 0 saturated heterocycles. The molecule has 0 saturated carbocycles. The van der Waals surface area contributed by atoms with E-state index in [1.54, 1.807) is 0 Å². The summed E-state index contributed by atoms with van der Waals surface area (Å²) >= 11 is 0. The van der Waals surface area contributed by atoms with E-state index in [1.807, 2.05) is 60.7 Å². The first-order chi connectivity index (χ1) is 31.8. The third-order valence-corrected chi connectivity index (χ3v) is 17.7. The van der Waals surface area contributed by atoms with E-state index in [-0.39, 0.29) is 56.4 Å². The minimum absolute atomic E-state index is 0. The van der Waals surface area contributed by atoms with Gasteiger partial charge in [0.05, 0.1) is 0 Å². The van der Waals surface area contributed by atoms with Crippen LogP contribution in [0.4, 0.5) is 0 Å². The van der Waals surface area contributed by atoms with Crippen LogP contribution in [0.3, 0.4) is 0 Å². The predicted octanol–water partition coefficient (Wildman–Crippen LogP) is 5.95. The van der Waals surface area contributed by atoms with E-state index in [4.69, 9.17) is 11.5 Å². The van der Waals surface area contributed by atoms with Gasteiger partial charge in [-0.3, -0.25) is 0 Å². The monoisotopic (exact) mass is 1070 g/mol. The molecule has 0 aromatic heterocycles. The summed E-state index contributed by atoms with van der Waals surface area (Å²) in [6, 6.07) is 63.4. The molecule has 4 N–H and O–H groups in total. The summed E-state index contributed by atoms with van der Waals surface area (Å²) in [6.07, 6.45) is 4.14. The summed E-state index contributed by atoms with van der Waals surface area (Å²) in [4.78, 5) is 0. The Hall–Kier alpha value is -4.26. The summed E-state index contributed by atoms with van der Waals surface area (Å²) < 4.78 is 0. The molecule has 8 aromatic rings. The fourth-order valence-corrected chi connectivity index (χ4v) is 15.8. The molecule has 0 fully saturated rings. The Labute approximate surface area is 441 Å². The molecule has 8 aromatic carbocycles. The van der Waals surface area contributed by atoms with Gasteiger partial charge in [0, 0.05) is 12.1 Å². The Morgan fingerprint density at radius 2 is 0.594 bits per heavy atom. The summed E-state index contributed by atoms with van der Waals surface area (Å²) in [5.74, 6) is 0. The molecule has 0 spiro atoms. The topological polar surface area (TPSA) is 52.0 Å². The quantitative estimate of drug-likeness (QED) is 0.139. The first kappa shape index (κ1) is 55.7. The molecule has 4 bridgehead atoms. The first-order valence-electron chi connectivity index (χ1n) is 23.6. The van der Waals surface area contributed by atoms with Gasteiger partial charge < -0.3 is 36.3 Å². The van der Waals surface area contributed by atoms with E-state index >= 15 is 0 Å². The van der Waals surface area contributed by atoms with E-state index < -0.39 is 15.8 Å². The van der Waals surface area contributed by atoms with Crippen LogP contribution in [0, 0.1) is 55.4 Å². The van der Waals surface area contributed by atoms with Gasteiger partial charge in [0.1, 0.15) is 0 Å². The SMILES string of the molecule is Cc1cc(C)cc(P(c2cc(C)cc(C)c2)c2cc3ccc2CCc2ccc(c(P(c4cc(C)cc(C)c4)c4cc(C)cc(C)c4)c2)CC3)c1.NC(c1ccccc1)C(N)c1ccccc1.[Cl-].[Cl-].[Ru+2]. The van der Waals surface area contributed by atoms with Gasteiger partial charge in [0.25, 0.3) is 0 Å². The van der Waals surface area contributed by atoms with Gasteiger partial charge in [-0.05, 0) is 162 Å². The molecule has 2 atom stereocenters. The smallest absolute Gasteiger partial charge is 1.00 e. The van der Waals surface area contributed by atoms with Crippen molar-refractivity contribution >= 4 is 47.7 Å². The Balaban J connectivity index is 0.000000398. The average molecular weight is 1070 g/mol. The van der Waals surface area contributed by atoms with E-state index in [0.29, 0.717) is 0 Å². The third-order valence-electron chi connectivity index (χ3n) is 12.8. The molecule has 7 heteroatoms. The van der Waals surface area contributed by atoms with Crippen LogP contribution >= 0.6 is 15.8 Å². The molecule has 0 radical (unpaired) electrons. The summed E-state index contributed by atoms with van der Waals surface area (Å²) in [5, 5.41) is 8.93. The molecular weight excluding hydrogens is 1010 g/mol. The molecule has 4 aliphatic rings. The summed E-state index contributed by atoms with van der Waals surface area (Å²) in [7, 11) is -1.41. The fraction of sp³-hybridized carbons (Fsp3) is 0.226. The zero-order valence-electron chi connectivity index (χ0n) is 41.3. The fourth-order valence-electron chi connectivity index (χ4n) is 9.87. The second-order valence-corrected chi connectivity index (χ2v) is 23.2. The minimum Gasteiger partial charge on any atom is -1.00 e. The van der Waals surface area contributed by atoms with Gasteiger partial charge in [0.2, 0.25) is 0 Å². The number of benzene rings is 8. The number of hydrogen-bond acceptors (Lipinski definition) is 2. The van der Waals surface area contributed by atoms with Crippen molar-refractivity contribution in [1.29, 1.82) is 0 Å². The van der Waals surface area contributed by atoms with Crippen LogP contribution in [-0.2, 0) is 45.2 Å². The number of rotatable bonds is 9. The molecule has 0 aliphatic heterocycles.